The molecule has 3 heteroatoms. The third-order valence-electron chi connectivity index (χ3n) is 2.52. The molecule has 78 valence electrons. The van der Waals surface area contributed by atoms with E-state index >= 15 is 0 Å². The summed E-state index contributed by atoms with van der Waals surface area (Å²) < 4.78 is 5.31. The highest BCUT2D eigenvalue weighted by Gasteiger charge is 2.17. The van der Waals surface area contributed by atoms with Crippen molar-refractivity contribution < 1.29 is 9.84 Å². The molecule has 0 aliphatic carbocycles. The molecule has 1 aliphatic rings. The van der Waals surface area contributed by atoms with E-state index in [-0.39, 0.29) is 6.10 Å². The van der Waals surface area contributed by atoms with Gasteiger partial charge in [0.2, 0.25) is 0 Å². The first kappa shape index (κ1) is 11.0. The molecule has 1 fully saturated rings. The van der Waals surface area contributed by atoms with Crippen LogP contribution in [0.5, 0.6) is 0 Å². The second-order valence-corrected chi connectivity index (χ2v) is 4.13. The Balaban J connectivity index is 2.05. The zero-order chi connectivity index (χ0) is 9.68. The van der Waals surface area contributed by atoms with E-state index in [9.17, 15) is 0 Å². The van der Waals surface area contributed by atoms with Crippen molar-refractivity contribution in [1.82, 2.24) is 4.90 Å². The molecule has 1 heterocycles. The molecule has 0 radical (unpaired) electrons. The number of ether oxygens (including phenoxy) is 1. The average Bonchev–Trinajstić information content (AvgIpc) is 2.53. The molecule has 1 saturated heterocycles. The highest BCUT2D eigenvalue weighted by molar-refractivity contribution is 4.68. The van der Waals surface area contributed by atoms with Crippen LogP contribution in [0.4, 0.5) is 0 Å². The topological polar surface area (TPSA) is 32.7 Å². The van der Waals surface area contributed by atoms with Gasteiger partial charge < -0.3 is 14.7 Å². The van der Waals surface area contributed by atoms with Gasteiger partial charge in [-0.05, 0) is 32.7 Å². The first-order chi connectivity index (χ1) is 6.18. The Hall–Kier alpha value is -0.120. The van der Waals surface area contributed by atoms with Gasteiger partial charge >= 0.3 is 0 Å². The van der Waals surface area contributed by atoms with Crippen LogP contribution >= 0.6 is 0 Å². The van der Waals surface area contributed by atoms with Gasteiger partial charge in [-0.2, -0.15) is 0 Å². The highest BCUT2D eigenvalue weighted by atomic mass is 16.5. The van der Waals surface area contributed by atoms with Gasteiger partial charge in [-0.15, -0.1) is 0 Å². The molecule has 0 saturated carbocycles. The summed E-state index contributed by atoms with van der Waals surface area (Å²) in [6.45, 7) is 5.77. The van der Waals surface area contributed by atoms with Crippen molar-refractivity contribution in [2.24, 2.45) is 5.92 Å². The molecule has 1 rings (SSSR count). The van der Waals surface area contributed by atoms with E-state index in [2.05, 4.69) is 11.9 Å². The number of nitrogens with zero attached hydrogens (tertiary/aromatic N) is 1. The minimum absolute atomic E-state index is 0.178. The van der Waals surface area contributed by atoms with Gasteiger partial charge in [0.05, 0.1) is 12.7 Å². The summed E-state index contributed by atoms with van der Waals surface area (Å²) in [7, 11) is 2.11. The Bertz CT molecular complexity index is 133. The Kier molecular flexibility index (Phi) is 4.70. The molecule has 0 bridgehead atoms. The third kappa shape index (κ3) is 4.60. The van der Waals surface area contributed by atoms with E-state index in [1.54, 1.807) is 0 Å². The predicted octanol–water partition coefficient (Wildman–Crippen LogP) is 0.726. The van der Waals surface area contributed by atoms with Gasteiger partial charge in [0, 0.05) is 19.7 Å². The van der Waals surface area contributed by atoms with Crippen molar-refractivity contribution in [3.8, 4) is 0 Å². The summed E-state index contributed by atoms with van der Waals surface area (Å²) in [6.07, 6.45) is 1.88. The van der Waals surface area contributed by atoms with E-state index in [0.717, 1.165) is 32.7 Å². The van der Waals surface area contributed by atoms with Gasteiger partial charge in [0.25, 0.3) is 0 Å². The summed E-state index contributed by atoms with van der Waals surface area (Å²) in [5.74, 6) is 0.707. The zero-order valence-electron chi connectivity index (χ0n) is 8.70. The molecule has 0 aromatic carbocycles. The maximum atomic E-state index is 9.11. The standard InChI is InChI=1S/C10H21NO2/c1-9(12)3-5-11(2)7-10-4-6-13-8-10/h9-10,12H,3-8H2,1-2H3. The Morgan fingerprint density at radius 3 is 2.92 bits per heavy atom. The third-order valence-corrected chi connectivity index (χ3v) is 2.52. The minimum Gasteiger partial charge on any atom is -0.393 e. The Labute approximate surface area is 80.7 Å². The van der Waals surface area contributed by atoms with Gasteiger partial charge in [-0.3, -0.25) is 0 Å². The lowest BCUT2D eigenvalue weighted by Crippen LogP contribution is -2.28. The van der Waals surface area contributed by atoms with Gasteiger partial charge in [0.1, 0.15) is 0 Å². The van der Waals surface area contributed by atoms with Crippen LogP contribution in [0.2, 0.25) is 0 Å². The zero-order valence-corrected chi connectivity index (χ0v) is 8.70. The molecule has 2 atom stereocenters. The quantitative estimate of drug-likeness (QED) is 0.688. The SMILES string of the molecule is CC(O)CCN(C)CC1CCOC1. The lowest BCUT2D eigenvalue weighted by atomic mass is 10.1. The molecule has 13 heavy (non-hydrogen) atoms. The van der Waals surface area contributed by atoms with Crippen LogP contribution in [-0.4, -0.2) is 49.5 Å². The first-order valence-electron chi connectivity index (χ1n) is 5.13. The molecule has 0 aromatic rings. The van der Waals surface area contributed by atoms with Gasteiger partial charge in [0.15, 0.2) is 0 Å². The summed E-state index contributed by atoms with van der Waals surface area (Å²) in [5, 5.41) is 9.11. The summed E-state index contributed by atoms with van der Waals surface area (Å²) in [4.78, 5) is 2.28. The van der Waals surface area contributed by atoms with E-state index in [0.29, 0.717) is 5.92 Å². The molecule has 2 unspecified atom stereocenters. The van der Waals surface area contributed by atoms with Crippen molar-refractivity contribution in [2.45, 2.75) is 25.9 Å². The van der Waals surface area contributed by atoms with E-state index in [4.69, 9.17) is 9.84 Å². The van der Waals surface area contributed by atoms with Crippen molar-refractivity contribution in [3.05, 3.63) is 0 Å². The fourth-order valence-electron chi connectivity index (χ4n) is 1.67. The molecule has 1 N–H and O–H groups in total. The maximum absolute atomic E-state index is 9.11. The van der Waals surface area contributed by atoms with E-state index in [1.807, 2.05) is 6.92 Å². The summed E-state index contributed by atoms with van der Waals surface area (Å²) in [5.41, 5.74) is 0. The van der Waals surface area contributed by atoms with Crippen molar-refractivity contribution in [3.63, 3.8) is 0 Å². The number of aliphatic hydroxyl groups excluding tert-OH is 1. The number of rotatable bonds is 5. The lowest BCUT2D eigenvalue weighted by Gasteiger charge is -2.20. The van der Waals surface area contributed by atoms with Crippen LogP contribution in [0, 0.1) is 5.92 Å². The monoisotopic (exact) mass is 187 g/mol. The maximum Gasteiger partial charge on any atom is 0.0524 e. The first-order valence-corrected chi connectivity index (χ1v) is 5.13. The average molecular weight is 187 g/mol. The molecule has 0 aromatic heterocycles. The number of hydrogen-bond donors (Lipinski definition) is 1. The van der Waals surface area contributed by atoms with E-state index in [1.165, 1.54) is 6.42 Å². The summed E-state index contributed by atoms with van der Waals surface area (Å²) in [6, 6.07) is 0. The molecule has 3 nitrogen and oxygen atoms in total. The van der Waals surface area contributed by atoms with Crippen LogP contribution in [0.3, 0.4) is 0 Å². The van der Waals surface area contributed by atoms with Crippen LogP contribution in [0.25, 0.3) is 0 Å². The normalized spacial score (nSPS) is 25.4. The second-order valence-electron chi connectivity index (χ2n) is 4.13. The number of aliphatic hydroxyl groups is 1. The Morgan fingerprint density at radius 2 is 2.38 bits per heavy atom. The molecular weight excluding hydrogens is 166 g/mol. The number of hydrogen-bond acceptors (Lipinski definition) is 3. The van der Waals surface area contributed by atoms with Crippen LogP contribution < -0.4 is 0 Å². The molecule has 1 aliphatic heterocycles. The second kappa shape index (κ2) is 5.58. The van der Waals surface area contributed by atoms with Crippen molar-refractivity contribution in [2.75, 3.05) is 33.4 Å². The van der Waals surface area contributed by atoms with Crippen molar-refractivity contribution in [1.29, 1.82) is 0 Å². The molecular formula is C10H21NO2. The minimum atomic E-state index is -0.178. The summed E-state index contributed by atoms with van der Waals surface area (Å²) >= 11 is 0. The van der Waals surface area contributed by atoms with Gasteiger partial charge in [-0.1, -0.05) is 0 Å². The molecule has 0 amide bonds. The van der Waals surface area contributed by atoms with Crippen LogP contribution in [0.15, 0.2) is 0 Å². The highest BCUT2D eigenvalue weighted by Crippen LogP contribution is 2.13. The fraction of sp³-hybridized carbons (Fsp3) is 1.00. The van der Waals surface area contributed by atoms with Crippen molar-refractivity contribution >= 4 is 0 Å². The Morgan fingerprint density at radius 1 is 1.62 bits per heavy atom. The van der Waals surface area contributed by atoms with E-state index < -0.39 is 0 Å². The van der Waals surface area contributed by atoms with Crippen LogP contribution in [0.1, 0.15) is 19.8 Å². The van der Waals surface area contributed by atoms with Gasteiger partial charge in [-0.25, -0.2) is 0 Å². The smallest absolute Gasteiger partial charge is 0.0524 e. The largest absolute Gasteiger partial charge is 0.393 e. The predicted molar refractivity (Wildman–Crippen MR) is 52.7 cm³/mol. The lowest BCUT2D eigenvalue weighted by molar-refractivity contribution is 0.150. The van der Waals surface area contributed by atoms with Crippen LogP contribution in [-0.2, 0) is 4.74 Å². The molecule has 0 spiro atoms. The fourth-order valence-corrected chi connectivity index (χ4v) is 1.67.